The summed E-state index contributed by atoms with van der Waals surface area (Å²) in [6.07, 6.45) is 0. The van der Waals surface area contributed by atoms with Crippen LogP contribution >= 0.6 is 0 Å². The van der Waals surface area contributed by atoms with Crippen LogP contribution in [0.5, 0.6) is 0 Å². The van der Waals surface area contributed by atoms with Gasteiger partial charge in [-0.3, -0.25) is 4.79 Å². The van der Waals surface area contributed by atoms with Crippen LogP contribution < -0.4 is 0 Å². The maximum atomic E-state index is 12.6. The van der Waals surface area contributed by atoms with E-state index in [1.807, 2.05) is 26.0 Å². The molecular formula is C21H25NO5S. The maximum Gasteiger partial charge on any atom is 0.338 e. The summed E-state index contributed by atoms with van der Waals surface area (Å²) in [5.41, 5.74) is 2.42. The van der Waals surface area contributed by atoms with Crippen molar-refractivity contribution in [3.63, 3.8) is 0 Å². The Bertz CT molecular complexity index is 996. The van der Waals surface area contributed by atoms with E-state index in [2.05, 4.69) is 0 Å². The van der Waals surface area contributed by atoms with Gasteiger partial charge >= 0.3 is 5.97 Å². The van der Waals surface area contributed by atoms with Crippen molar-refractivity contribution in [3.05, 3.63) is 64.7 Å². The van der Waals surface area contributed by atoms with Crippen molar-refractivity contribution in [3.8, 4) is 0 Å². The summed E-state index contributed by atoms with van der Waals surface area (Å²) in [5.74, 6) is -1.06. The smallest absolute Gasteiger partial charge is 0.338 e. The van der Waals surface area contributed by atoms with Crippen LogP contribution in [0.1, 0.15) is 45.7 Å². The molecule has 28 heavy (non-hydrogen) atoms. The van der Waals surface area contributed by atoms with Crippen molar-refractivity contribution in [2.45, 2.75) is 38.6 Å². The lowest BCUT2D eigenvalue weighted by atomic mass is 10.0. The Kier molecular flexibility index (Phi) is 6.74. The summed E-state index contributed by atoms with van der Waals surface area (Å²) in [5, 5.41) is 0. The fourth-order valence-electron chi connectivity index (χ4n) is 2.65. The van der Waals surface area contributed by atoms with Crippen LogP contribution in [0.4, 0.5) is 0 Å². The molecule has 0 fully saturated rings. The number of hydrogen-bond acceptors (Lipinski definition) is 5. The molecule has 0 atom stereocenters. The first-order valence-electron chi connectivity index (χ1n) is 8.89. The Balaban J connectivity index is 2.14. The first kappa shape index (κ1) is 21.8. The molecule has 150 valence electrons. The first-order valence-corrected chi connectivity index (χ1v) is 10.3. The Morgan fingerprint density at radius 3 is 2.36 bits per heavy atom. The summed E-state index contributed by atoms with van der Waals surface area (Å²) >= 11 is 0. The van der Waals surface area contributed by atoms with Gasteiger partial charge in [-0.1, -0.05) is 29.8 Å². The molecule has 0 aliphatic carbocycles. The standard InChI is InChI=1S/C21H25NO5S/c1-14(2)22(5)28(25,26)18-8-6-7-17(12-18)21(24)27-13-20(23)19-10-9-15(3)11-16(19)4/h6-12,14H,13H2,1-5H3. The molecule has 0 aliphatic heterocycles. The number of ketones is 1. The molecule has 0 aromatic heterocycles. The lowest BCUT2D eigenvalue weighted by Gasteiger charge is -2.21. The number of rotatable bonds is 7. The summed E-state index contributed by atoms with van der Waals surface area (Å²) in [7, 11) is -2.24. The zero-order valence-corrected chi connectivity index (χ0v) is 17.5. The van der Waals surface area contributed by atoms with Crippen LogP contribution in [-0.4, -0.2) is 44.2 Å². The molecule has 0 saturated carbocycles. The van der Waals surface area contributed by atoms with Crippen LogP contribution in [0.3, 0.4) is 0 Å². The fourth-order valence-corrected chi connectivity index (χ4v) is 4.06. The lowest BCUT2D eigenvalue weighted by molar-refractivity contribution is 0.0474. The van der Waals surface area contributed by atoms with Gasteiger partial charge in [-0.15, -0.1) is 0 Å². The van der Waals surface area contributed by atoms with E-state index in [1.54, 1.807) is 19.9 Å². The topological polar surface area (TPSA) is 80.8 Å². The van der Waals surface area contributed by atoms with E-state index in [0.29, 0.717) is 5.56 Å². The van der Waals surface area contributed by atoms with Crippen molar-refractivity contribution in [1.29, 1.82) is 0 Å². The van der Waals surface area contributed by atoms with Crippen LogP contribution in [0.15, 0.2) is 47.4 Å². The molecule has 7 heteroatoms. The number of carbonyl (C=O) groups is 2. The van der Waals surface area contributed by atoms with Crippen LogP contribution in [0, 0.1) is 13.8 Å². The lowest BCUT2D eigenvalue weighted by Crippen LogP contribution is -2.33. The highest BCUT2D eigenvalue weighted by atomic mass is 32.2. The molecule has 0 unspecified atom stereocenters. The summed E-state index contributed by atoms with van der Waals surface area (Å²) in [4.78, 5) is 24.6. The molecule has 0 spiro atoms. The van der Waals surface area contributed by atoms with E-state index in [-0.39, 0.29) is 22.3 Å². The monoisotopic (exact) mass is 403 g/mol. The van der Waals surface area contributed by atoms with E-state index in [4.69, 9.17) is 4.74 Å². The van der Waals surface area contributed by atoms with Gasteiger partial charge in [0.25, 0.3) is 0 Å². The molecular weight excluding hydrogens is 378 g/mol. The van der Waals surface area contributed by atoms with Crippen molar-refractivity contribution in [2.75, 3.05) is 13.7 Å². The molecule has 2 aromatic carbocycles. The highest BCUT2D eigenvalue weighted by Crippen LogP contribution is 2.18. The number of Topliss-reactive ketones (excluding diaryl/α,β-unsaturated/α-hetero) is 1. The minimum atomic E-state index is -3.72. The van der Waals surface area contributed by atoms with Crippen LogP contribution in [0.2, 0.25) is 0 Å². The number of sulfonamides is 1. The molecule has 2 rings (SSSR count). The van der Waals surface area contributed by atoms with E-state index in [1.165, 1.54) is 35.6 Å². The van der Waals surface area contributed by atoms with Gasteiger partial charge in [0.05, 0.1) is 10.5 Å². The van der Waals surface area contributed by atoms with Crippen molar-refractivity contribution in [2.24, 2.45) is 0 Å². The van der Waals surface area contributed by atoms with Crippen molar-refractivity contribution >= 4 is 21.8 Å². The minimum absolute atomic E-state index is 0.00106. The van der Waals surface area contributed by atoms with Gasteiger partial charge in [-0.05, 0) is 51.5 Å². The molecule has 0 radical (unpaired) electrons. The molecule has 0 saturated heterocycles. The molecule has 6 nitrogen and oxygen atoms in total. The summed E-state index contributed by atoms with van der Waals surface area (Å²) < 4.78 is 31.5. The summed E-state index contributed by atoms with van der Waals surface area (Å²) in [6.45, 7) is 6.86. The Morgan fingerprint density at radius 2 is 1.75 bits per heavy atom. The van der Waals surface area contributed by atoms with Gasteiger partial charge in [-0.25, -0.2) is 13.2 Å². The minimum Gasteiger partial charge on any atom is -0.454 e. The van der Waals surface area contributed by atoms with E-state index >= 15 is 0 Å². The fraction of sp³-hybridized carbons (Fsp3) is 0.333. The quantitative estimate of drug-likeness (QED) is 0.523. The van der Waals surface area contributed by atoms with Gasteiger partial charge in [0, 0.05) is 18.7 Å². The third-order valence-electron chi connectivity index (χ3n) is 4.49. The predicted octanol–water partition coefficient (Wildman–Crippen LogP) is 3.37. The van der Waals surface area contributed by atoms with Crippen molar-refractivity contribution in [1.82, 2.24) is 4.31 Å². The molecule has 0 heterocycles. The summed E-state index contributed by atoms with van der Waals surface area (Å²) in [6, 6.07) is 10.8. The second-order valence-corrected chi connectivity index (χ2v) is 8.96. The molecule has 2 aromatic rings. The number of aryl methyl sites for hydroxylation is 2. The molecule has 0 aliphatic rings. The highest BCUT2D eigenvalue weighted by Gasteiger charge is 2.24. The van der Waals surface area contributed by atoms with E-state index in [0.717, 1.165) is 11.1 Å². The van der Waals surface area contributed by atoms with Gasteiger partial charge in [0.15, 0.2) is 6.61 Å². The third-order valence-corrected chi connectivity index (χ3v) is 6.52. The SMILES string of the molecule is Cc1ccc(C(=O)COC(=O)c2cccc(S(=O)(=O)N(C)C(C)C)c2)c(C)c1. The van der Waals surface area contributed by atoms with E-state index in [9.17, 15) is 18.0 Å². The molecule has 0 amide bonds. The van der Waals surface area contributed by atoms with Crippen molar-refractivity contribution < 1.29 is 22.7 Å². The number of esters is 1. The Labute approximate surface area is 166 Å². The second kappa shape index (κ2) is 8.67. The Morgan fingerprint density at radius 1 is 1.07 bits per heavy atom. The highest BCUT2D eigenvalue weighted by molar-refractivity contribution is 7.89. The zero-order chi connectivity index (χ0) is 21.1. The Hall–Kier alpha value is -2.51. The van der Waals surface area contributed by atoms with Gasteiger partial charge in [0.2, 0.25) is 15.8 Å². The number of hydrogen-bond donors (Lipinski definition) is 0. The normalized spacial score (nSPS) is 11.7. The van der Waals surface area contributed by atoms with Gasteiger partial charge < -0.3 is 4.74 Å². The average Bonchev–Trinajstić information content (AvgIpc) is 2.65. The second-order valence-electron chi connectivity index (χ2n) is 6.96. The average molecular weight is 404 g/mol. The van der Waals surface area contributed by atoms with Gasteiger partial charge in [-0.2, -0.15) is 4.31 Å². The molecule has 0 bridgehead atoms. The maximum absolute atomic E-state index is 12.6. The number of ether oxygens (including phenoxy) is 1. The third kappa shape index (κ3) is 4.85. The molecule has 0 N–H and O–H groups in total. The first-order chi connectivity index (χ1) is 13.0. The zero-order valence-electron chi connectivity index (χ0n) is 16.7. The number of carbonyl (C=O) groups excluding carboxylic acids is 2. The number of benzene rings is 2. The largest absolute Gasteiger partial charge is 0.454 e. The predicted molar refractivity (Wildman–Crippen MR) is 107 cm³/mol. The van der Waals surface area contributed by atoms with Crippen LogP contribution in [-0.2, 0) is 14.8 Å². The number of nitrogens with zero attached hydrogens (tertiary/aromatic N) is 1. The van der Waals surface area contributed by atoms with Crippen LogP contribution in [0.25, 0.3) is 0 Å². The van der Waals surface area contributed by atoms with E-state index < -0.39 is 22.6 Å². The van der Waals surface area contributed by atoms with Gasteiger partial charge in [0.1, 0.15) is 0 Å².